The number of aliphatic hydroxyl groups excluding tert-OH is 2. The highest BCUT2D eigenvalue weighted by Crippen LogP contribution is 2.39. The molecule has 0 bridgehead atoms. The molecule has 0 aromatic rings. The number of carbonyl (C=O) groups is 1. The molecule has 2 heterocycles. The molecule has 0 radical (unpaired) electrons. The predicted molar refractivity (Wildman–Crippen MR) is 128 cm³/mol. The lowest BCUT2D eigenvalue weighted by atomic mass is 9.78. The van der Waals surface area contributed by atoms with Gasteiger partial charge < -0.3 is 19.8 Å². The lowest BCUT2D eigenvalue weighted by Crippen LogP contribution is -2.53. The van der Waals surface area contributed by atoms with Crippen molar-refractivity contribution in [2.75, 3.05) is 33.3 Å². The molecule has 5 aliphatic rings. The molecule has 8 atom stereocenters. The molecule has 0 aromatic carbocycles. The van der Waals surface area contributed by atoms with Gasteiger partial charge in [-0.2, -0.15) is 5.12 Å². The number of amides is 1. The maximum Gasteiger partial charge on any atom is 0.230 e. The molecule has 9 heteroatoms. The fourth-order valence-electron chi connectivity index (χ4n) is 7.27. The molecule has 0 aromatic heterocycles. The number of fused-ring (bicyclic) bond motifs is 1. The second kappa shape index (κ2) is 11.1. The van der Waals surface area contributed by atoms with Gasteiger partial charge in [0.2, 0.25) is 5.91 Å². The van der Waals surface area contributed by atoms with Crippen molar-refractivity contribution in [3.8, 4) is 0 Å². The Kier molecular flexibility index (Phi) is 8.09. The average Bonchev–Trinajstić information content (AvgIpc) is 3.44. The van der Waals surface area contributed by atoms with Gasteiger partial charge in [-0.3, -0.25) is 10.1 Å². The number of ether oxygens (including phenoxy) is 1. The van der Waals surface area contributed by atoms with Gasteiger partial charge in [-0.05, 0) is 43.4 Å². The third-order valence-electron chi connectivity index (χ3n) is 9.10. The smallest absolute Gasteiger partial charge is 0.230 e. The van der Waals surface area contributed by atoms with Crippen LogP contribution in [0.2, 0.25) is 0 Å². The Labute approximate surface area is 203 Å². The van der Waals surface area contributed by atoms with E-state index in [-0.39, 0.29) is 18.5 Å². The van der Waals surface area contributed by atoms with Crippen molar-refractivity contribution in [2.24, 2.45) is 23.7 Å². The zero-order valence-electron chi connectivity index (χ0n) is 20.7. The van der Waals surface area contributed by atoms with Gasteiger partial charge in [0.05, 0.1) is 30.4 Å². The van der Waals surface area contributed by atoms with Gasteiger partial charge in [0.1, 0.15) is 0 Å². The van der Waals surface area contributed by atoms with Gasteiger partial charge in [-0.1, -0.05) is 25.7 Å². The van der Waals surface area contributed by atoms with Crippen molar-refractivity contribution in [3.05, 3.63) is 0 Å². The quantitative estimate of drug-likeness (QED) is 0.377. The summed E-state index contributed by atoms with van der Waals surface area (Å²) in [7, 11) is 1.97. The minimum atomic E-state index is -0.839. The SMILES string of the molecule is CN1NCC(NC2CCCC3CN(C(=O)C4C(O)CC(O)CC4OCC4CCCCC4)CC32)N1. The number of nitrogens with zero attached hydrogens (tertiary/aromatic N) is 2. The zero-order valence-corrected chi connectivity index (χ0v) is 20.7. The Morgan fingerprint density at radius 2 is 1.88 bits per heavy atom. The van der Waals surface area contributed by atoms with Crippen LogP contribution < -0.4 is 16.2 Å². The van der Waals surface area contributed by atoms with Crippen molar-refractivity contribution < 1.29 is 19.7 Å². The van der Waals surface area contributed by atoms with E-state index in [1.807, 2.05) is 17.1 Å². The molecule has 34 heavy (non-hydrogen) atoms. The summed E-state index contributed by atoms with van der Waals surface area (Å²) in [5, 5.41) is 26.9. The predicted octanol–water partition coefficient (Wildman–Crippen LogP) is 0.581. The van der Waals surface area contributed by atoms with Gasteiger partial charge in [0.15, 0.2) is 0 Å². The number of rotatable bonds is 6. The molecular formula is C25H45N5O4. The zero-order chi connectivity index (χ0) is 23.7. The summed E-state index contributed by atoms with van der Waals surface area (Å²) in [5.41, 5.74) is 6.65. The van der Waals surface area contributed by atoms with E-state index in [1.165, 1.54) is 38.5 Å². The fraction of sp³-hybridized carbons (Fsp3) is 0.960. The van der Waals surface area contributed by atoms with E-state index < -0.39 is 24.2 Å². The van der Waals surface area contributed by atoms with Gasteiger partial charge >= 0.3 is 0 Å². The standard InChI is InChI=1S/C25H45N5O4/c1-29-26-12-23(28-29)27-20-9-5-8-17-13-30(14-19(17)20)25(33)24-21(32)10-18(31)11-22(24)34-15-16-6-3-2-4-7-16/h16-24,26-28,31-32H,2-15H2,1H3. The third-order valence-corrected chi connectivity index (χ3v) is 9.10. The second-order valence-electron chi connectivity index (χ2n) is 11.6. The van der Waals surface area contributed by atoms with Crippen LogP contribution >= 0.6 is 0 Å². The number of carbonyl (C=O) groups excluding carboxylic acids is 1. The molecule has 8 unspecified atom stereocenters. The molecule has 3 aliphatic carbocycles. The molecule has 194 valence electrons. The maximum atomic E-state index is 13.8. The Balaban J connectivity index is 1.21. The normalized spacial score (nSPS) is 42.1. The van der Waals surface area contributed by atoms with Crippen molar-refractivity contribution in [1.82, 2.24) is 26.2 Å². The topological polar surface area (TPSA) is 109 Å². The van der Waals surface area contributed by atoms with Crippen LogP contribution in [0.15, 0.2) is 0 Å². The van der Waals surface area contributed by atoms with Gasteiger partial charge in [0, 0.05) is 52.2 Å². The van der Waals surface area contributed by atoms with Gasteiger partial charge in [0.25, 0.3) is 0 Å². The molecule has 5 fully saturated rings. The van der Waals surface area contributed by atoms with Crippen molar-refractivity contribution in [1.29, 1.82) is 0 Å². The summed E-state index contributed by atoms with van der Waals surface area (Å²) in [4.78, 5) is 15.8. The molecule has 5 N–H and O–H groups in total. The van der Waals surface area contributed by atoms with E-state index in [4.69, 9.17) is 4.74 Å². The van der Waals surface area contributed by atoms with Crippen LogP contribution in [0.1, 0.15) is 64.2 Å². The molecule has 1 amide bonds. The maximum absolute atomic E-state index is 13.8. The number of hydrogen-bond acceptors (Lipinski definition) is 8. The molecular weight excluding hydrogens is 434 g/mol. The third kappa shape index (κ3) is 5.61. The molecule has 2 aliphatic heterocycles. The summed E-state index contributed by atoms with van der Waals surface area (Å²) >= 11 is 0. The van der Waals surface area contributed by atoms with Crippen molar-refractivity contribution in [3.63, 3.8) is 0 Å². The van der Waals surface area contributed by atoms with Gasteiger partial charge in [-0.25, -0.2) is 10.9 Å². The first-order valence-electron chi connectivity index (χ1n) is 13.7. The largest absolute Gasteiger partial charge is 0.393 e. The lowest BCUT2D eigenvalue weighted by Gasteiger charge is -2.39. The highest BCUT2D eigenvalue weighted by atomic mass is 16.5. The molecule has 0 spiro atoms. The number of hydrogen-bond donors (Lipinski definition) is 5. The fourth-order valence-corrected chi connectivity index (χ4v) is 7.27. The monoisotopic (exact) mass is 479 g/mol. The first-order chi connectivity index (χ1) is 16.5. The summed E-state index contributed by atoms with van der Waals surface area (Å²) in [6.07, 6.45) is 8.73. The number of nitrogens with one attached hydrogen (secondary N) is 3. The Bertz CT molecular complexity index is 692. The highest BCUT2D eigenvalue weighted by Gasteiger charge is 2.48. The molecule has 5 rings (SSSR count). The van der Waals surface area contributed by atoms with E-state index >= 15 is 0 Å². The first-order valence-corrected chi connectivity index (χ1v) is 13.7. The number of aliphatic hydroxyl groups is 2. The Morgan fingerprint density at radius 1 is 1.06 bits per heavy atom. The van der Waals surface area contributed by atoms with Crippen molar-refractivity contribution >= 4 is 5.91 Å². The van der Waals surface area contributed by atoms with E-state index in [1.54, 1.807) is 0 Å². The lowest BCUT2D eigenvalue weighted by molar-refractivity contribution is -0.158. The van der Waals surface area contributed by atoms with Crippen LogP contribution in [0.4, 0.5) is 0 Å². The molecule has 9 nitrogen and oxygen atoms in total. The first kappa shape index (κ1) is 24.9. The number of likely N-dealkylation sites (tertiary alicyclic amines) is 1. The Hall–Kier alpha value is -0.810. The Morgan fingerprint density at radius 3 is 2.65 bits per heavy atom. The van der Waals surface area contributed by atoms with Crippen LogP contribution in [0.25, 0.3) is 0 Å². The molecule has 2 saturated heterocycles. The summed E-state index contributed by atoms with van der Waals surface area (Å²) in [5.74, 6) is 0.961. The van der Waals surface area contributed by atoms with E-state index in [0.29, 0.717) is 36.8 Å². The van der Waals surface area contributed by atoms with Gasteiger partial charge in [-0.15, -0.1) is 0 Å². The van der Waals surface area contributed by atoms with E-state index in [2.05, 4.69) is 16.2 Å². The summed E-state index contributed by atoms with van der Waals surface area (Å²) in [6, 6.07) is 0.388. The summed E-state index contributed by atoms with van der Waals surface area (Å²) in [6.45, 7) is 3.02. The second-order valence-corrected chi connectivity index (χ2v) is 11.6. The van der Waals surface area contributed by atoms with Crippen LogP contribution in [-0.2, 0) is 9.53 Å². The van der Waals surface area contributed by atoms with Crippen LogP contribution in [0.3, 0.4) is 0 Å². The van der Waals surface area contributed by atoms with E-state index in [9.17, 15) is 15.0 Å². The van der Waals surface area contributed by atoms with Crippen LogP contribution in [0, 0.1) is 23.7 Å². The van der Waals surface area contributed by atoms with E-state index in [0.717, 1.165) is 32.5 Å². The van der Waals surface area contributed by atoms with Crippen LogP contribution in [-0.4, -0.2) is 89.9 Å². The minimum absolute atomic E-state index is 0.0292. The minimum Gasteiger partial charge on any atom is -0.393 e. The van der Waals surface area contributed by atoms with Crippen molar-refractivity contribution in [2.45, 2.75) is 94.7 Å². The summed E-state index contributed by atoms with van der Waals surface area (Å²) < 4.78 is 6.30. The number of hydrazine groups is 2. The highest BCUT2D eigenvalue weighted by molar-refractivity contribution is 5.80. The molecule has 3 saturated carbocycles. The van der Waals surface area contributed by atoms with Crippen LogP contribution in [0.5, 0.6) is 0 Å². The average molecular weight is 480 g/mol.